The molecule has 5 unspecified atom stereocenters. The molecular formula is C28H38. The minimum Gasteiger partial charge on any atom is -0.0851 e. The second-order valence-corrected chi connectivity index (χ2v) is 12.7. The van der Waals surface area contributed by atoms with E-state index in [1.165, 1.54) is 25.7 Å². The Kier molecular flexibility index (Phi) is 3.44. The Morgan fingerprint density at radius 1 is 0.857 bits per heavy atom. The molecule has 6 bridgehead atoms. The van der Waals surface area contributed by atoms with Gasteiger partial charge in [-0.2, -0.15) is 0 Å². The zero-order valence-electron chi connectivity index (χ0n) is 18.0. The number of hydrogen-bond donors (Lipinski definition) is 0. The van der Waals surface area contributed by atoms with Crippen molar-refractivity contribution in [2.75, 3.05) is 0 Å². The maximum absolute atomic E-state index is 2.83. The molecule has 0 spiro atoms. The Morgan fingerprint density at radius 2 is 1.57 bits per heavy atom. The lowest BCUT2D eigenvalue weighted by atomic mass is 9.47. The highest BCUT2D eigenvalue weighted by Crippen LogP contribution is 2.66. The monoisotopic (exact) mass is 374 g/mol. The van der Waals surface area contributed by atoms with Crippen LogP contribution in [0.3, 0.4) is 0 Å². The van der Waals surface area contributed by atoms with E-state index < -0.39 is 0 Å². The van der Waals surface area contributed by atoms with E-state index in [1.807, 2.05) is 16.7 Å². The fraction of sp³-hybridized carbons (Fsp3) is 0.786. The van der Waals surface area contributed by atoms with E-state index in [-0.39, 0.29) is 0 Å². The Balaban J connectivity index is 1.21. The average molecular weight is 375 g/mol. The third-order valence-electron chi connectivity index (χ3n) is 10.8. The lowest BCUT2D eigenvalue weighted by Crippen LogP contribution is -2.46. The summed E-state index contributed by atoms with van der Waals surface area (Å²) in [5, 5.41) is 0. The first-order chi connectivity index (χ1) is 13.6. The molecule has 0 nitrogen and oxygen atoms in total. The first-order valence-electron chi connectivity index (χ1n) is 12.7. The van der Waals surface area contributed by atoms with Crippen molar-refractivity contribution >= 4 is 0 Å². The van der Waals surface area contributed by atoms with Gasteiger partial charge in [-0.3, -0.25) is 0 Å². The van der Waals surface area contributed by atoms with Crippen molar-refractivity contribution in [2.45, 2.75) is 78.1 Å². The molecule has 0 amide bonds. The molecule has 5 atom stereocenters. The lowest BCUT2D eigenvalue weighted by Gasteiger charge is -2.57. The van der Waals surface area contributed by atoms with Crippen LogP contribution in [0, 0.1) is 58.7 Å². The van der Waals surface area contributed by atoms with Crippen molar-refractivity contribution in [2.24, 2.45) is 58.7 Å². The molecule has 0 aromatic rings. The maximum Gasteiger partial charge on any atom is -0.00737 e. The van der Waals surface area contributed by atoms with Crippen LogP contribution in [0.1, 0.15) is 78.1 Å². The largest absolute Gasteiger partial charge is 0.0851 e. The van der Waals surface area contributed by atoms with Crippen molar-refractivity contribution in [3.8, 4) is 0 Å². The van der Waals surface area contributed by atoms with E-state index in [0.29, 0.717) is 5.41 Å². The van der Waals surface area contributed by atoms with Crippen LogP contribution in [-0.2, 0) is 0 Å². The molecule has 0 N–H and O–H groups in total. The van der Waals surface area contributed by atoms with Crippen LogP contribution in [0.2, 0.25) is 0 Å². The Bertz CT molecular complexity index is 754. The highest BCUT2D eigenvalue weighted by atomic mass is 14.6. The molecule has 5 saturated carbocycles. The van der Waals surface area contributed by atoms with Crippen molar-refractivity contribution in [3.05, 3.63) is 34.9 Å². The van der Waals surface area contributed by atoms with Crippen molar-refractivity contribution in [3.63, 3.8) is 0 Å². The van der Waals surface area contributed by atoms with Crippen LogP contribution < -0.4 is 0 Å². The van der Waals surface area contributed by atoms with Gasteiger partial charge in [-0.05, 0) is 128 Å². The zero-order valence-corrected chi connectivity index (χ0v) is 18.0. The summed E-state index contributed by atoms with van der Waals surface area (Å²) >= 11 is 0. The lowest BCUT2D eigenvalue weighted by molar-refractivity contribution is -0.0315. The van der Waals surface area contributed by atoms with Gasteiger partial charge in [0, 0.05) is 0 Å². The molecule has 0 aliphatic heterocycles. The Labute approximate surface area is 171 Å². The van der Waals surface area contributed by atoms with E-state index in [9.17, 15) is 0 Å². The number of fused-ring (bicyclic) bond motifs is 2. The van der Waals surface area contributed by atoms with E-state index in [1.54, 1.807) is 38.5 Å². The third kappa shape index (κ3) is 2.24. The Hall–Kier alpha value is -0.780. The molecule has 0 aromatic carbocycles. The summed E-state index contributed by atoms with van der Waals surface area (Å²) in [6, 6.07) is 0. The summed E-state index contributed by atoms with van der Waals surface area (Å²) in [4.78, 5) is 0. The van der Waals surface area contributed by atoms with Gasteiger partial charge in [-0.1, -0.05) is 43.2 Å². The number of hydrogen-bond acceptors (Lipinski definition) is 0. The summed E-state index contributed by atoms with van der Waals surface area (Å²) in [5.41, 5.74) is 6.39. The summed E-state index contributed by atoms with van der Waals surface area (Å²) < 4.78 is 0. The standard InChI is InChI=1S/C28H38/c1-16(2)23-12-27(24-9-17-3-4-21(24)8-17)26-11-22(10-25(23)26)28-13-18-5-19(14-28)7-20(6-18)15-28/h3-4,10,16-21,23-24,27H,5-9,11-15H2,1-2H3. The highest BCUT2D eigenvalue weighted by molar-refractivity contribution is 5.48. The topological polar surface area (TPSA) is 0 Å². The fourth-order valence-electron chi connectivity index (χ4n) is 10.1. The normalized spacial score (nSPS) is 53.0. The van der Waals surface area contributed by atoms with Gasteiger partial charge in [0.15, 0.2) is 0 Å². The predicted octanol–water partition coefficient (Wildman–Crippen LogP) is 7.33. The van der Waals surface area contributed by atoms with Gasteiger partial charge in [-0.15, -0.1) is 0 Å². The van der Waals surface area contributed by atoms with Crippen molar-refractivity contribution in [1.82, 2.24) is 0 Å². The van der Waals surface area contributed by atoms with Crippen LogP contribution >= 0.6 is 0 Å². The van der Waals surface area contributed by atoms with E-state index in [4.69, 9.17) is 0 Å². The second-order valence-electron chi connectivity index (χ2n) is 12.7. The van der Waals surface area contributed by atoms with Crippen molar-refractivity contribution < 1.29 is 0 Å². The molecule has 8 rings (SSSR count). The smallest absolute Gasteiger partial charge is 0.00737 e. The molecule has 0 heteroatoms. The summed E-state index contributed by atoms with van der Waals surface area (Å²) in [7, 11) is 0. The molecule has 5 fully saturated rings. The first kappa shape index (κ1) is 17.0. The summed E-state index contributed by atoms with van der Waals surface area (Å²) in [6.45, 7) is 4.99. The average Bonchev–Trinajstić information content (AvgIpc) is 3.40. The van der Waals surface area contributed by atoms with Gasteiger partial charge in [0.2, 0.25) is 0 Å². The molecule has 150 valence electrons. The third-order valence-corrected chi connectivity index (χ3v) is 10.8. The predicted molar refractivity (Wildman–Crippen MR) is 116 cm³/mol. The van der Waals surface area contributed by atoms with Gasteiger partial charge < -0.3 is 0 Å². The molecule has 28 heavy (non-hydrogen) atoms. The minimum absolute atomic E-state index is 0.639. The quantitative estimate of drug-likeness (QED) is 0.453. The minimum atomic E-state index is 0.639. The first-order valence-corrected chi connectivity index (χ1v) is 12.7. The van der Waals surface area contributed by atoms with Gasteiger partial charge in [0.1, 0.15) is 0 Å². The Morgan fingerprint density at radius 3 is 2.14 bits per heavy atom. The zero-order chi connectivity index (χ0) is 18.6. The van der Waals surface area contributed by atoms with E-state index in [0.717, 1.165) is 53.3 Å². The molecule has 8 aliphatic carbocycles. The van der Waals surface area contributed by atoms with Crippen LogP contribution in [0.25, 0.3) is 0 Å². The summed E-state index contributed by atoms with van der Waals surface area (Å²) in [5.74, 6) is 8.65. The second kappa shape index (κ2) is 5.67. The van der Waals surface area contributed by atoms with Crippen LogP contribution in [0.4, 0.5) is 0 Å². The highest BCUT2D eigenvalue weighted by Gasteiger charge is 2.55. The SMILES string of the molecule is CC(C)C1CC(C2CC3C=CC2C3)C2=C1C=C(C13CC4CC(CC(C4)C1)C3)C2. The molecule has 0 aromatic heterocycles. The van der Waals surface area contributed by atoms with E-state index in [2.05, 4.69) is 32.1 Å². The van der Waals surface area contributed by atoms with Crippen molar-refractivity contribution in [1.29, 1.82) is 0 Å². The van der Waals surface area contributed by atoms with E-state index >= 15 is 0 Å². The van der Waals surface area contributed by atoms with Gasteiger partial charge in [0.05, 0.1) is 0 Å². The van der Waals surface area contributed by atoms with Gasteiger partial charge in [0.25, 0.3) is 0 Å². The molecule has 0 heterocycles. The van der Waals surface area contributed by atoms with Crippen LogP contribution in [-0.4, -0.2) is 0 Å². The number of allylic oxidation sites excluding steroid dienone is 6. The maximum atomic E-state index is 2.83. The van der Waals surface area contributed by atoms with Gasteiger partial charge >= 0.3 is 0 Å². The van der Waals surface area contributed by atoms with Gasteiger partial charge in [-0.25, -0.2) is 0 Å². The molecular weight excluding hydrogens is 336 g/mol. The molecule has 0 radical (unpaired) electrons. The molecule has 8 aliphatic rings. The number of rotatable bonds is 3. The molecule has 0 saturated heterocycles. The van der Waals surface area contributed by atoms with Crippen LogP contribution in [0.5, 0.6) is 0 Å². The summed E-state index contributed by atoms with van der Waals surface area (Å²) in [6.07, 6.45) is 23.2. The van der Waals surface area contributed by atoms with Crippen LogP contribution in [0.15, 0.2) is 34.9 Å². The fourth-order valence-corrected chi connectivity index (χ4v) is 10.1.